The third-order valence-electron chi connectivity index (χ3n) is 1.89. The maximum absolute atomic E-state index is 13.0. The Bertz CT molecular complexity index is 515. The highest BCUT2D eigenvalue weighted by molar-refractivity contribution is 8.12. The number of benzene rings is 1. The Hall–Kier alpha value is -1.69. The lowest BCUT2D eigenvalue weighted by Crippen LogP contribution is -2.12. The zero-order valence-electron chi connectivity index (χ0n) is 9.96. The van der Waals surface area contributed by atoms with Crippen LogP contribution in [0.4, 0.5) is 8.78 Å². The molecule has 0 saturated heterocycles. The van der Waals surface area contributed by atoms with Crippen LogP contribution in [0.15, 0.2) is 29.8 Å². The van der Waals surface area contributed by atoms with Crippen LogP contribution in [0.3, 0.4) is 0 Å². The van der Waals surface area contributed by atoms with Crippen LogP contribution in [0.2, 0.25) is 0 Å². The molecule has 0 radical (unpaired) electrons. The molecule has 0 bridgehead atoms. The molecule has 1 rings (SSSR count). The van der Waals surface area contributed by atoms with Crippen LogP contribution in [-0.4, -0.2) is 11.0 Å². The molecule has 0 heterocycles. The van der Waals surface area contributed by atoms with E-state index in [1.54, 1.807) is 6.92 Å². The molecule has 1 amide bonds. The van der Waals surface area contributed by atoms with Crippen LogP contribution < -0.4 is 4.72 Å². The molecule has 1 aromatic rings. The van der Waals surface area contributed by atoms with Gasteiger partial charge in [0.15, 0.2) is 11.6 Å². The summed E-state index contributed by atoms with van der Waals surface area (Å²) in [4.78, 5) is 14.8. The molecule has 6 heteroatoms. The minimum absolute atomic E-state index is 0.201. The molecule has 18 heavy (non-hydrogen) atoms. The van der Waals surface area contributed by atoms with Gasteiger partial charge in [0.2, 0.25) is 5.91 Å². The van der Waals surface area contributed by atoms with Crippen molar-refractivity contribution < 1.29 is 13.6 Å². The van der Waals surface area contributed by atoms with Crippen molar-refractivity contribution in [1.82, 2.24) is 4.72 Å². The van der Waals surface area contributed by atoms with Crippen LogP contribution in [0.5, 0.6) is 0 Å². The van der Waals surface area contributed by atoms with Gasteiger partial charge in [-0.15, -0.1) is 0 Å². The number of aliphatic imine (C=N–C) groups is 1. The molecule has 0 saturated carbocycles. The van der Waals surface area contributed by atoms with Gasteiger partial charge < -0.3 is 0 Å². The van der Waals surface area contributed by atoms with Gasteiger partial charge in [-0.3, -0.25) is 9.52 Å². The number of hydrogen-bond acceptors (Lipinski definition) is 3. The first-order chi connectivity index (χ1) is 8.40. The Morgan fingerprint density at radius 2 is 2.00 bits per heavy atom. The Morgan fingerprint density at radius 1 is 1.33 bits per heavy atom. The van der Waals surface area contributed by atoms with Crippen molar-refractivity contribution in [3.05, 3.63) is 42.0 Å². The van der Waals surface area contributed by atoms with E-state index in [0.29, 0.717) is 16.3 Å². The summed E-state index contributed by atoms with van der Waals surface area (Å²) in [6, 6.07) is 3.43. The van der Waals surface area contributed by atoms with E-state index in [1.807, 2.05) is 0 Å². The predicted molar refractivity (Wildman–Crippen MR) is 69.9 cm³/mol. The molecule has 0 aromatic heterocycles. The normalized spacial score (nSPS) is 11.2. The van der Waals surface area contributed by atoms with Gasteiger partial charge in [-0.05, 0) is 25.1 Å². The highest BCUT2D eigenvalue weighted by Gasteiger charge is 2.05. The number of nitrogens with zero attached hydrogens (tertiary/aromatic N) is 1. The van der Waals surface area contributed by atoms with Crippen molar-refractivity contribution >= 4 is 28.6 Å². The average Bonchev–Trinajstić information content (AvgIpc) is 2.30. The van der Waals surface area contributed by atoms with Crippen molar-refractivity contribution in [2.24, 2.45) is 4.99 Å². The number of carbonyl (C=O) groups is 1. The highest BCUT2D eigenvalue weighted by Crippen LogP contribution is 2.18. The zero-order valence-corrected chi connectivity index (χ0v) is 10.8. The minimum atomic E-state index is -0.948. The molecule has 1 aromatic carbocycles. The number of carbonyl (C=O) groups excluding carboxylic acids is 1. The summed E-state index contributed by atoms with van der Waals surface area (Å²) in [5.41, 5.74) is 0.681. The zero-order chi connectivity index (χ0) is 13.7. The van der Waals surface area contributed by atoms with E-state index >= 15 is 0 Å². The summed E-state index contributed by atoms with van der Waals surface area (Å²) in [6.07, 6.45) is 0. The average molecular weight is 270 g/mol. The Kier molecular flexibility index (Phi) is 5.03. The summed E-state index contributed by atoms with van der Waals surface area (Å²) < 4.78 is 28.2. The van der Waals surface area contributed by atoms with Crippen molar-refractivity contribution in [2.45, 2.75) is 13.8 Å². The van der Waals surface area contributed by atoms with E-state index < -0.39 is 11.6 Å². The summed E-state index contributed by atoms with van der Waals surface area (Å²) in [5, 5.41) is 0.542. The second-order valence-corrected chi connectivity index (χ2v) is 4.47. The van der Waals surface area contributed by atoms with E-state index in [2.05, 4.69) is 16.3 Å². The first kappa shape index (κ1) is 14.4. The van der Waals surface area contributed by atoms with Crippen molar-refractivity contribution in [1.29, 1.82) is 0 Å². The SMILES string of the molecule is C=C(N=C(C)SNC(C)=O)c1ccc(F)c(F)c1. The van der Waals surface area contributed by atoms with E-state index in [1.165, 1.54) is 13.0 Å². The van der Waals surface area contributed by atoms with Crippen LogP contribution in [0.25, 0.3) is 5.70 Å². The topological polar surface area (TPSA) is 41.5 Å². The largest absolute Gasteiger partial charge is 0.295 e. The summed E-state index contributed by atoms with van der Waals surface area (Å²) in [7, 11) is 0. The molecule has 0 spiro atoms. The summed E-state index contributed by atoms with van der Waals surface area (Å²) in [5.74, 6) is -2.07. The molecule has 0 aliphatic carbocycles. The van der Waals surface area contributed by atoms with Gasteiger partial charge in [-0.2, -0.15) is 0 Å². The van der Waals surface area contributed by atoms with Crippen molar-refractivity contribution in [2.75, 3.05) is 0 Å². The number of nitrogens with one attached hydrogen (secondary N) is 1. The minimum Gasteiger partial charge on any atom is -0.295 e. The first-order valence-corrected chi connectivity index (χ1v) is 5.85. The number of hydrogen-bond donors (Lipinski definition) is 1. The van der Waals surface area contributed by atoms with Crippen LogP contribution in [0, 0.1) is 11.6 Å². The smallest absolute Gasteiger partial charge is 0.226 e. The van der Waals surface area contributed by atoms with Gasteiger partial charge in [-0.1, -0.05) is 6.58 Å². The quantitative estimate of drug-likeness (QED) is 0.509. The van der Waals surface area contributed by atoms with Crippen molar-refractivity contribution in [3.8, 4) is 0 Å². The molecule has 1 N–H and O–H groups in total. The fourth-order valence-corrected chi connectivity index (χ4v) is 1.55. The fraction of sp³-hybridized carbons (Fsp3) is 0.167. The monoisotopic (exact) mass is 270 g/mol. The lowest BCUT2D eigenvalue weighted by Gasteiger charge is -2.04. The van der Waals surface area contributed by atoms with Gasteiger partial charge in [0, 0.05) is 24.4 Å². The van der Waals surface area contributed by atoms with Crippen LogP contribution in [0.1, 0.15) is 19.4 Å². The van der Waals surface area contributed by atoms with Gasteiger partial charge in [0.1, 0.15) is 0 Å². The molecular formula is C12H12F2N2OS. The fourth-order valence-electron chi connectivity index (χ4n) is 1.10. The highest BCUT2D eigenvalue weighted by atomic mass is 32.2. The van der Waals surface area contributed by atoms with Gasteiger partial charge in [0.25, 0.3) is 0 Å². The second-order valence-electron chi connectivity index (χ2n) is 3.47. The maximum Gasteiger partial charge on any atom is 0.226 e. The van der Waals surface area contributed by atoms with Crippen LogP contribution >= 0.6 is 11.9 Å². The summed E-state index contributed by atoms with van der Waals surface area (Å²) >= 11 is 1.04. The van der Waals surface area contributed by atoms with E-state index in [0.717, 1.165) is 24.1 Å². The number of amides is 1. The molecule has 0 aliphatic rings. The van der Waals surface area contributed by atoms with Gasteiger partial charge >= 0.3 is 0 Å². The number of rotatable bonds is 2. The second kappa shape index (κ2) is 6.30. The molecule has 0 fully saturated rings. The molecule has 3 nitrogen and oxygen atoms in total. The van der Waals surface area contributed by atoms with Gasteiger partial charge in [0.05, 0.1) is 10.7 Å². The van der Waals surface area contributed by atoms with E-state index in [4.69, 9.17) is 0 Å². The lowest BCUT2D eigenvalue weighted by atomic mass is 10.2. The van der Waals surface area contributed by atoms with E-state index in [-0.39, 0.29) is 5.91 Å². The third kappa shape index (κ3) is 4.29. The number of halogens is 2. The maximum atomic E-state index is 13.0. The first-order valence-electron chi connectivity index (χ1n) is 5.03. The molecule has 0 aliphatic heterocycles. The van der Waals surface area contributed by atoms with Gasteiger partial charge in [-0.25, -0.2) is 13.8 Å². The molecular weight excluding hydrogens is 258 g/mol. The van der Waals surface area contributed by atoms with Crippen LogP contribution in [-0.2, 0) is 4.79 Å². The molecule has 96 valence electrons. The Labute approximate surface area is 108 Å². The van der Waals surface area contributed by atoms with E-state index in [9.17, 15) is 13.6 Å². The predicted octanol–water partition coefficient (Wildman–Crippen LogP) is 3.14. The summed E-state index contributed by atoms with van der Waals surface area (Å²) in [6.45, 7) is 6.71. The Morgan fingerprint density at radius 3 is 2.56 bits per heavy atom. The Balaban J connectivity index is 2.77. The van der Waals surface area contributed by atoms with Crippen molar-refractivity contribution in [3.63, 3.8) is 0 Å². The molecule has 0 atom stereocenters. The molecule has 0 unspecified atom stereocenters. The standard InChI is InChI=1S/C12H12F2N2OS/c1-7(15-9(3)18-16-8(2)17)10-4-5-11(13)12(14)6-10/h4-6H,1H2,2-3H3,(H,16,17). The third-order valence-corrected chi connectivity index (χ3v) is 2.66. The lowest BCUT2D eigenvalue weighted by molar-refractivity contribution is -0.117.